The molecule has 1 N–H and O–H groups in total. The number of fused-ring (bicyclic) bond motifs is 1. The van der Waals surface area contributed by atoms with Gasteiger partial charge in [0.15, 0.2) is 0 Å². The van der Waals surface area contributed by atoms with Crippen LogP contribution in [0.2, 0.25) is 0 Å². The summed E-state index contributed by atoms with van der Waals surface area (Å²) < 4.78 is 0. The number of rotatable bonds is 2. The van der Waals surface area contributed by atoms with Gasteiger partial charge in [-0.3, -0.25) is 9.78 Å². The van der Waals surface area contributed by atoms with E-state index < -0.39 is 5.97 Å². The van der Waals surface area contributed by atoms with E-state index in [0.717, 1.165) is 22.0 Å². The summed E-state index contributed by atoms with van der Waals surface area (Å²) in [5.41, 5.74) is 3.97. The summed E-state index contributed by atoms with van der Waals surface area (Å²) in [4.78, 5) is 14.9. The zero-order valence-corrected chi connectivity index (χ0v) is 9.32. The minimum absolute atomic E-state index is 0.0237. The van der Waals surface area contributed by atoms with Gasteiger partial charge in [0, 0.05) is 11.6 Å². The van der Waals surface area contributed by atoms with Crippen LogP contribution in [0.5, 0.6) is 0 Å². The van der Waals surface area contributed by atoms with Gasteiger partial charge in [-0.1, -0.05) is 11.6 Å². The molecule has 0 saturated heterocycles. The quantitative estimate of drug-likeness (QED) is 0.837. The molecule has 1 aromatic heterocycles. The van der Waals surface area contributed by atoms with Crippen LogP contribution in [-0.2, 0) is 11.2 Å². The number of hydrogen-bond acceptors (Lipinski definition) is 2. The van der Waals surface area contributed by atoms with Gasteiger partial charge in [-0.25, -0.2) is 0 Å². The van der Waals surface area contributed by atoms with Gasteiger partial charge in [-0.15, -0.1) is 0 Å². The van der Waals surface area contributed by atoms with Crippen LogP contribution in [0.1, 0.15) is 16.7 Å². The SMILES string of the molecule is Cc1cc(C)c2ncc(CC(=O)O)cc2c1. The lowest BCUT2D eigenvalue weighted by Crippen LogP contribution is -2.00. The van der Waals surface area contributed by atoms with Crippen LogP contribution in [-0.4, -0.2) is 16.1 Å². The number of carboxylic acid groups (broad SMARTS) is 1. The van der Waals surface area contributed by atoms with Crippen molar-refractivity contribution < 1.29 is 9.90 Å². The molecule has 16 heavy (non-hydrogen) atoms. The van der Waals surface area contributed by atoms with E-state index in [1.165, 1.54) is 5.56 Å². The molecule has 1 heterocycles. The van der Waals surface area contributed by atoms with Crippen molar-refractivity contribution in [1.29, 1.82) is 0 Å². The van der Waals surface area contributed by atoms with Crippen molar-refractivity contribution in [2.75, 3.05) is 0 Å². The third kappa shape index (κ3) is 2.03. The Morgan fingerprint density at radius 1 is 1.31 bits per heavy atom. The molecule has 0 fully saturated rings. The third-order valence-electron chi connectivity index (χ3n) is 2.53. The second kappa shape index (κ2) is 3.93. The molecule has 0 unspecified atom stereocenters. The Labute approximate surface area is 93.7 Å². The zero-order chi connectivity index (χ0) is 11.7. The first-order valence-corrected chi connectivity index (χ1v) is 5.14. The highest BCUT2D eigenvalue weighted by molar-refractivity contribution is 5.83. The van der Waals surface area contributed by atoms with Crippen LogP contribution < -0.4 is 0 Å². The molecular weight excluding hydrogens is 202 g/mol. The van der Waals surface area contributed by atoms with E-state index in [1.807, 2.05) is 26.0 Å². The summed E-state index contributed by atoms with van der Waals surface area (Å²) in [5, 5.41) is 9.73. The van der Waals surface area contributed by atoms with Crippen LogP contribution in [0, 0.1) is 13.8 Å². The lowest BCUT2D eigenvalue weighted by Gasteiger charge is -2.05. The fourth-order valence-electron chi connectivity index (χ4n) is 1.93. The maximum atomic E-state index is 10.6. The van der Waals surface area contributed by atoms with Gasteiger partial charge < -0.3 is 5.11 Å². The summed E-state index contributed by atoms with van der Waals surface area (Å²) >= 11 is 0. The molecule has 0 atom stereocenters. The summed E-state index contributed by atoms with van der Waals surface area (Å²) in [6.07, 6.45) is 1.66. The standard InChI is InChI=1S/C13H13NO2/c1-8-3-9(2)13-11(4-8)5-10(7-14-13)6-12(15)16/h3-5,7H,6H2,1-2H3,(H,15,16). The van der Waals surface area contributed by atoms with E-state index in [9.17, 15) is 4.79 Å². The Balaban J connectivity index is 2.57. The second-order valence-corrected chi connectivity index (χ2v) is 4.07. The summed E-state index contributed by atoms with van der Waals surface area (Å²) in [5.74, 6) is -0.828. The van der Waals surface area contributed by atoms with E-state index in [2.05, 4.69) is 11.1 Å². The minimum atomic E-state index is -0.828. The average molecular weight is 215 g/mol. The molecule has 3 heteroatoms. The lowest BCUT2D eigenvalue weighted by atomic mass is 10.0. The molecule has 0 amide bonds. The van der Waals surface area contributed by atoms with Crippen molar-refractivity contribution in [3.8, 4) is 0 Å². The summed E-state index contributed by atoms with van der Waals surface area (Å²) in [6.45, 7) is 4.04. The van der Waals surface area contributed by atoms with Gasteiger partial charge >= 0.3 is 5.97 Å². The highest BCUT2D eigenvalue weighted by atomic mass is 16.4. The number of hydrogen-bond donors (Lipinski definition) is 1. The molecule has 0 saturated carbocycles. The Hall–Kier alpha value is -1.90. The van der Waals surface area contributed by atoms with Crippen LogP contribution >= 0.6 is 0 Å². The number of aromatic nitrogens is 1. The predicted octanol–water partition coefficient (Wildman–Crippen LogP) is 2.48. The number of carboxylic acids is 1. The number of benzene rings is 1. The minimum Gasteiger partial charge on any atom is -0.481 e. The molecule has 0 radical (unpaired) electrons. The van der Waals surface area contributed by atoms with Crippen molar-refractivity contribution in [2.24, 2.45) is 0 Å². The number of aryl methyl sites for hydroxylation is 2. The van der Waals surface area contributed by atoms with Gasteiger partial charge in [-0.05, 0) is 37.1 Å². The third-order valence-corrected chi connectivity index (χ3v) is 2.53. The van der Waals surface area contributed by atoms with Crippen LogP contribution in [0.25, 0.3) is 10.9 Å². The van der Waals surface area contributed by atoms with E-state index >= 15 is 0 Å². The maximum absolute atomic E-state index is 10.6. The number of nitrogens with zero attached hydrogens (tertiary/aromatic N) is 1. The molecular formula is C13H13NO2. The maximum Gasteiger partial charge on any atom is 0.307 e. The highest BCUT2D eigenvalue weighted by Gasteiger charge is 2.04. The van der Waals surface area contributed by atoms with Crippen LogP contribution in [0.4, 0.5) is 0 Å². The van der Waals surface area contributed by atoms with E-state index in [0.29, 0.717) is 0 Å². The molecule has 1 aromatic carbocycles. The number of pyridine rings is 1. The molecule has 2 rings (SSSR count). The Kier molecular flexibility index (Phi) is 2.60. The molecule has 82 valence electrons. The largest absolute Gasteiger partial charge is 0.481 e. The normalized spacial score (nSPS) is 10.6. The molecule has 0 bridgehead atoms. The van der Waals surface area contributed by atoms with Gasteiger partial charge in [-0.2, -0.15) is 0 Å². The van der Waals surface area contributed by atoms with E-state index in [-0.39, 0.29) is 6.42 Å². The molecule has 0 aliphatic heterocycles. The lowest BCUT2D eigenvalue weighted by molar-refractivity contribution is -0.136. The van der Waals surface area contributed by atoms with Crippen molar-refractivity contribution >= 4 is 16.9 Å². The fraction of sp³-hybridized carbons (Fsp3) is 0.231. The van der Waals surface area contributed by atoms with Gasteiger partial charge in [0.05, 0.1) is 11.9 Å². The van der Waals surface area contributed by atoms with Crippen molar-refractivity contribution in [3.05, 3.63) is 41.1 Å². The number of carbonyl (C=O) groups is 1. The Morgan fingerprint density at radius 3 is 2.75 bits per heavy atom. The molecule has 0 spiro atoms. The van der Waals surface area contributed by atoms with Crippen molar-refractivity contribution in [2.45, 2.75) is 20.3 Å². The average Bonchev–Trinajstić information content (AvgIpc) is 2.15. The van der Waals surface area contributed by atoms with Crippen molar-refractivity contribution in [1.82, 2.24) is 4.98 Å². The fourth-order valence-corrected chi connectivity index (χ4v) is 1.93. The summed E-state index contributed by atoms with van der Waals surface area (Å²) in [6, 6.07) is 6.00. The van der Waals surface area contributed by atoms with Crippen LogP contribution in [0.3, 0.4) is 0 Å². The Morgan fingerprint density at radius 2 is 2.06 bits per heavy atom. The first-order valence-electron chi connectivity index (χ1n) is 5.14. The molecule has 3 nitrogen and oxygen atoms in total. The van der Waals surface area contributed by atoms with E-state index in [4.69, 9.17) is 5.11 Å². The van der Waals surface area contributed by atoms with Crippen LogP contribution in [0.15, 0.2) is 24.4 Å². The first kappa shape index (κ1) is 10.6. The Bertz CT molecular complexity index is 561. The van der Waals surface area contributed by atoms with Gasteiger partial charge in [0.1, 0.15) is 0 Å². The monoisotopic (exact) mass is 215 g/mol. The first-order chi connectivity index (χ1) is 7.56. The molecule has 2 aromatic rings. The topological polar surface area (TPSA) is 50.2 Å². The highest BCUT2D eigenvalue weighted by Crippen LogP contribution is 2.19. The number of aliphatic carboxylic acids is 1. The second-order valence-electron chi connectivity index (χ2n) is 4.07. The van der Waals surface area contributed by atoms with Gasteiger partial charge in [0.25, 0.3) is 0 Å². The van der Waals surface area contributed by atoms with Gasteiger partial charge in [0.2, 0.25) is 0 Å². The zero-order valence-electron chi connectivity index (χ0n) is 9.32. The smallest absolute Gasteiger partial charge is 0.307 e. The predicted molar refractivity (Wildman–Crippen MR) is 62.6 cm³/mol. The molecule has 0 aliphatic rings. The summed E-state index contributed by atoms with van der Waals surface area (Å²) in [7, 11) is 0. The van der Waals surface area contributed by atoms with E-state index in [1.54, 1.807) is 6.20 Å². The van der Waals surface area contributed by atoms with Crippen molar-refractivity contribution in [3.63, 3.8) is 0 Å². The molecule has 0 aliphatic carbocycles.